The van der Waals surface area contributed by atoms with Gasteiger partial charge in [0.15, 0.2) is 0 Å². The molecule has 1 aromatic heterocycles. The van der Waals surface area contributed by atoms with E-state index in [1.165, 1.54) is 0 Å². The molecule has 1 nitrogen and oxygen atoms in total. The van der Waals surface area contributed by atoms with Crippen LogP contribution in [0.5, 0.6) is 0 Å². The Labute approximate surface area is 73.5 Å². The molecular weight excluding hydrogens is 146 g/mol. The van der Waals surface area contributed by atoms with E-state index in [0.29, 0.717) is 0 Å². The van der Waals surface area contributed by atoms with Crippen LogP contribution in [-0.2, 0) is 0 Å². The summed E-state index contributed by atoms with van der Waals surface area (Å²) in [7, 11) is 0. The molecule has 0 unspecified atom stereocenters. The lowest BCUT2D eigenvalue weighted by Crippen LogP contribution is -1.83. The minimum Gasteiger partial charge on any atom is -0.256 e. The summed E-state index contributed by atoms with van der Waals surface area (Å²) in [6.07, 6.45) is 8.77. The van der Waals surface area contributed by atoms with Gasteiger partial charge in [0.1, 0.15) is 0 Å². The van der Waals surface area contributed by atoms with Crippen LogP contribution >= 0.6 is 0 Å². The molecular formula is C11H13N. The molecule has 1 rings (SSSR count). The predicted octanol–water partition coefficient (Wildman–Crippen LogP) is 3.15. The fourth-order valence-corrected chi connectivity index (χ4v) is 0.971. The molecule has 0 spiro atoms. The summed E-state index contributed by atoms with van der Waals surface area (Å²) >= 11 is 0. The normalized spacial score (nSPS) is 10.4. The highest BCUT2D eigenvalue weighted by Gasteiger charge is 1.92. The highest BCUT2D eigenvalue weighted by atomic mass is 14.7. The summed E-state index contributed by atoms with van der Waals surface area (Å²) in [5.74, 6) is 0. The van der Waals surface area contributed by atoms with Crippen molar-refractivity contribution in [2.24, 2.45) is 0 Å². The number of nitrogens with zero attached hydrogens (tertiary/aromatic N) is 1. The van der Waals surface area contributed by atoms with Crippen molar-refractivity contribution in [2.45, 2.75) is 13.3 Å². The third-order valence-corrected chi connectivity index (χ3v) is 1.60. The highest BCUT2D eigenvalue weighted by molar-refractivity contribution is 5.60. The number of allylic oxidation sites excluding steroid dienone is 1. The molecule has 0 amide bonds. The second-order valence-corrected chi connectivity index (χ2v) is 2.49. The molecule has 12 heavy (non-hydrogen) atoms. The highest BCUT2D eigenvalue weighted by Crippen LogP contribution is 2.08. The lowest BCUT2D eigenvalue weighted by atomic mass is 10.2. The van der Waals surface area contributed by atoms with Gasteiger partial charge in [0.2, 0.25) is 0 Å². The molecule has 0 aromatic carbocycles. The predicted molar refractivity (Wildman–Crippen MR) is 53.7 cm³/mol. The van der Waals surface area contributed by atoms with Gasteiger partial charge in [0.05, 0.1) is 5.69 Å². The number of pyridine rings is 1. The Morgan fingerprint density at radius 2 is 2.42 bits per heavy atom. The molecule has 0 atom stereocenters. The van der Waals surface area contributed by atoms with Gasteiger partial charge in [0, 0.05) is 6.20 Å². The van der Waals surface area contributed by atoms with E-state index in [2.05, 4.69) is 24.6 Å². The van der Waals surface area contributed by atoms with Crippen molar-refractivity contribution in [2.75, 3.05) is 0 Å². The zero-order valence-electron chi connectivity index (χ0n) is 7.33. The monoisotopic (exact) mass is 159 g/mol. The Kier molecular flexibility index (Phi) is 3.27. The van der Waals surface area contributed by atoms with E-state index in [0.717, 1.165) is 17.7 Å². The Balaban J connectivity index is 2.96. The number of hydrogen-bond acceptors (Lipinski definition) is 1. The Bertz CT molecular complexity index is 287. The molecule has 62 valence electrons. The van der Waals surface area contributed by atoms with Crippen molar-refractivity contribution in [1.82, 2.24) is 4.98 Å². The molecule has 1 heterocycles. The van der Waals surface area contributed by atoms with Gasteiger partial charge in [-0.2, -0.15) is 0 Å². The third-order valence-electron chi connectivity index (χ3n) is 1.60. The van der Waals surface area contributed by atoms with Crippen LogP contribution in [0.1, 0.15) is 24.6 Å². The summed E-state index contributed by atoms with van der Waals surface area (Å²) in [6.45, 7) is 5.83. The van der Waals surface area contributed by atoms with Crippen LogP contribution in [0.25, 0.3) is 12.2 Å². The van der Waals surface area contributed by atoms with E-state index in [1.54, 1.807) is 6.20 Å². The molecule has 0 saturated carbocycles. The van der Waals surface area contributed by atoms with E-state index < -0.39 is 0 Å². The summed E-state index contributed by atoms with van der Waals surface area (Å²) in [5.41, 5.74) is 2.08. The first-order valence-corrected chi connectivity index (χ1v) is 4.12. The van der Waals surface area contributed by atoms with Crippen LogP contribution < -0.4 is 0 Å². The minimum absolute atomic E-state index is 0.995. The van der Waals surface area contributed by atoms with E-state index in [9.17, 15) is 0 Å². The van der Waals surface area contributed by atoms with Gasteiger partial charge in [-0.1, -0.05) is 31.7 Å². The molecule has 0 saturated heterocycles. The maximum Gasteiger partial charge on any atom is 0.0698 e. The fourth-order valence-electron chi connectivity index (χ4n) is 0.971. The number of hydrogen-bond donors (Lipinski definition) is 0. The molecule has 0 N–H and O–H groups in total. The van der Waals surface area contributed by atoms with Crippen molar-refractivity contribution in [3.8, 4) is 0 Å². The van der Waals surface area contributed by atoms with Crippen molar-refractivity contribution in [3.05, 3.63) is 42.2 Å². The molecule has 1 aromatic rings. The van der Waals surface area contributed by atoms with E-state index >= 15 is 0 Å². The van der Waals surface area contributed by atoms with Crippen LogP contribution in [-0.4, -0.2) is 4.98 Å². The first kappa shape index (κ1) is 8.72. The maximum absolute atomic E-state index is 4.23. The van der Waals surface area contributed by atoms with Crippen molar-refractivity contribution >= 4 is 12.2 Å². The van der Waals surface area contributed by atoms with Gasteiger partial charge in [-0.15, -0.1) is 0 Å². The van der Waals surface area contributed by atoms with E-state index in [4.69, 9.17) is 0 Å². The smallest absolute Gasteiger partial charge is 0.0698 e. The maximum atomic E-state index is 4.23. The average Bonchev–Trinajstić information content (AvgIpc) is 2.15. The Hall–Kier alpha value is -1.37. The molecule has 0 aliphatic heterocycles. The quantitative estimate of drug-likeness (QED) is 0.660. The second-order valence-electron chi connectivity index (χ2n) is 2.49. The number of aromatic nitrogens is 1. The number of rotatable bonds is 3. The first-order chi connectivity index (χ1) is 5.88. The van der Waals surface area contributed by atoms with Crippen molar-refractivity contribution in [1.29, 1.82) is 0 Å². The summed E-state index contributed by atoms with van der Waals surface area (Å²) in [4.78, 5) is 4.23. The van der Waals surface area contributed by atoms with Crippen LogP contribution in [0, 0.1) is 0 Å². The van der Waals surface area contributed by atoms with Gasteiger partial charge < -0.3 is 0 Å². The Morgan fingerprint density at radius 3 is 3.08 bits per heavy atom. The van der Waals surface area contributed by atoms with E-state index in [-0.39, 0.29) is 0 Å². The molecule has 0 bridgehead atoms. The summed E-state index contributed by atoms with van der Waals surface area (Å²) in [5, 5.41) is 0. The largest absolute Gasteiger partial charge is 0.256 e. The molecule has 0 radical (unpaired) electrons. The summed E-state index contributed by atoms with van der Waals surface area (Å²) in [6, 6.07) is 3.93. The van der Waals surface area contributed by atoms with Crippen LogP contribution in [0.15, 0.2) is 31.0 Å². The first-order valence-electron chi connectivity index (χ1n) is 4.12. The van der Waals surface area contributed by atoms with Crippen molar-refractivity contribution in [3.63, 3.8) is 0 Å². The lowest BCUT2D eigenvalue weighted by molar-refractivity contribution is 1.22. The van der Waals surface area contributed by atoms with E-state index in [1.807, 2.05) is 24.3 Å². The van der Waals surface area contributed by atoms with Gasteiger partial charge in [-0.05, 0) is 24.1 Å². The SMILES string of the molecule is C=Cc1cccnc1/C=C\CC. The Morgan fingerprint density at radius 1 is 1.58 bits per heavy atom. The second kappa shape index (κ2) is 4.50. The standard InChI is InChI=1S/C11H13N/c1-3-5-8-11-10(4-2)7-6-9-12-11/h4-9H,2-3H2,1H3/b8-5-. The van der Waals surface area contributed by atoms with Gasteiger partial charge in [-0.3, -0.25) is 4.98 Å². The molecule has 1 heteroatoms. The molecule has 0 fully saturated rings. The topological polar surface area (TPSA) is 12.9 Å². The van der Waals surface area contributed by atoms with Gasteiger partial charge >= 0.3 is 0 Å². The minimum atomic E-state index is 0.995. The molecule has 0 aliphatic carbocycles. The average molecular weight is 159 g/mol. The zero-order chi connectivity index (χ0) is 8.81. The van der Waals surface area contributed by atoms with Gasteiger partial charge in [-0.25, -0.2) is 0 Å². The molecule has 0 aliphatic rings. The fraction of sp³-hybridized carbons (Fsp3) is 0.182. The van der Waals surface area contributed by atoms with Crippen LogP contribution in [0.4, 0.5) is 0 Å². The van der Waals surface area contributed by atoms with Gasteiger partial charge in [0.25, 0.3) is 0 Å². The zero-order valence-corrected chi connectivity index (χ0v) is 7.33. The summed E-state index contributed by atoms with van der Waals surface area (Å²) < 4.78 is 0. The third kappa shape index (κ3) is 2.06. The lowest BCUT2D eigenvalue weighted by Gasteiger charge is -1.96. The van der Waals surface area contributed by atoms with Crippen LogP contribution in [0.3, 0.4) is 0 Å². The van der Waals surface area contributed by atoms with Crippen molar-refractivity contribution < 1.29 is 0 Å². The van der Waals surface area contributed by atoms with Crippen LogP contribution in [0.2, 0.25) is 0 Å².